The molecule has 0 bridgehead atoms. The molecule has 0 amide bonds. The van der Waals surface area contributed by atoms with Gasteiger partial charge in [-0.3, -0.25) is 0 Å². The summed E-state index contributed by atoms with van der Waals surface area (Å²) in [5.74, 6) is 0.0823. The average molecular weight is 248 g/mol. The summed E-state index contributed by atoms with van der Waals surface area (Å²) in [5, 5.41) is 7.72. The number of thiocarbonyl (C=S) groups is 1. The first kappa shape index (κ1) is 12.4. The lowest BCUT2D eigenvalue weighted by atomic mass is 10.1. The van der Waals surface area contributed by atoms with E-state index in [0.29, 0.717) is 5.11 Å². The van der Waals surface area contributed by atoms with Crippen LogP contribution in [0.25, 0.3) is 0 Å². The number of nitrogens with one attached hydrogen (secondary N) is 2. The van der Waals surface area contributed by atoms with Gasteiger partial charge >= 0.3 is 0 Å². The van der Waals surface area contributed by atoms with Crippen LogP contribution in [0.4, 0.5) is 0 Å². The van der Waals surface area contributed by atoms with Crippen LogP contribution in [-0.4, -0.2) is 30.9 Å². The highest BCUT2D eigenvalue weighted by molar-refractivity contribution is 7.94. The fourth-order valence-electron chi connectivity index (χ4n) is 1.21. The fourth-order valence-corrected chi connectivity index (χ4v) is 2.90. The van der Waals surface area contributed by atoms with Crippen molar-refractivity contribution >= 4 is 27.2 Å². The number of rotatable bonds is 1. The van der Waals surface area contributed by atoms with Crippen molar-refractivity contribution in [3.05, 3.63) is 11.5 Å². The van der Waals surface area contributed by atoms with E-state index in [0.717, 1.165) is 0 Å². The summed E-state index contributed by atoms with van der Waals surface area (Å²) in [6, 6.07) is -0.211. The van der Waals surface area contributed by atoms with E-state index in [9.17, 15) is 8.42 Å². The molecule has 15 heavy (non-hydrogen) atoms. The molecule has 0 aliphatic carbocycles. The third-order valence-corrected chi connectivity index (χ3v) is 3.35. The minimum Gasteiger partial charge on any atom is -0.358 e. The molecule has 1 aliphatic heterocycles. The Kier molecular flexibility index (Phi) is 3.40. The summed E-state index contributed by atoms with van der Waals surface area (Å²) in [5.41, 5.74) is -0.120. The van der Waals surface area contributed by atoms with Gasteiger partial charge in [-0.2, -0.15) is 0 Å². The highest BCUT2D eigenvalue weighted by Gasteiger charge is 2.22. The van der Waals surface area contributed by atoms with Crippen LogP contribution in [0.2, 0.25) is 0 Å². The van der Waals surface area contributed by atoms with Crippen LogP contribution in [0.15, 0.2) is 11.5 Å². The van der Waals surface area contributed by atoms with Crippen LogP contribution < -0.4 is 10.6 Å². The van der Waals surface area contributed by atoms with Gasteiger partial charge in [0, 0.05) is 10.9 Å². The molecule has 4 nitrogen and oxygen atoms in total. The van der Waals surface area contributed by atoms with Gasteiger partial charge in [0.2, 0.25) is 0 Å². The normalized spacial score (nSPS) is 23.8. The van der Waals surface area contributed by atoms with Crippen molar-refractivity contribution in [2.24, 2.45) is 0 Å². The molecule has 0 fully saturated rings. The zero-order valence-electron chi connectivity index (χ0n) is 9.07. The van der Waals surface area contributed by atoms with E-state index in [-0.39, 0.29) is 17.3 Å². The second kappa shape index (κ2) is 4.09. The maximum atomic E-state index is 11.1. The monoisotopic (exact) mass is 248 g/mol. The fraction of sp³-hybridized carbons (Fsp3) is 0.667. The Morgan fingerprint density at radius 1 is 1.47 bits per heavy atom. The maximum absolute atomic E-state index is 11.1. The Hall–Kier alpha value is -0.620. The topological polar surface area (TPSA) is 58.2 Å². The largest absolute Gasteiger partial charge is 0.358 e. The van der Waals surface area contributed by atoms with Crippen molar-refractivity contribution < 1.29 is 8.42 Å². The number of sulfone groups is 1. The molecule has 2 N–H and O–H groups in total. The average Bonchev–Trinajstić information content (AvgIpc) is 2.25. The van der Waals surface area contributed by atoms with Crippen LogP contribution in [0.1, 0.15) is 20.8 Å². The molecule has 1 heterocycles. The molecule has 1 aliphatic rings. The van der Waals surface area contributed by atoms with Gasteiger partial charge in [0.25, 0.3) is 0 Å². The minimum absolute atomic E-state index is 0.0823. The Morgan fingerprint density at radius 3 is 2.47 bits per heavy atom. The van der Waals surface area contributed by atoms with Crippen molar-refractivity contribution in [2.45, 2.75) is 32.4 Å². The van der Waals surface area contributed by atoms with Crippen molar-refractivity contribution in [1.29, 1.82) is 0 Å². The van der Waals surface area contributed by atoms with Crippen molar-refractivity contribution in [3.63, 3.8) is 0 Å². The molecule has 86 valence electrons. The standard InChI is InChI=1S/C9H16N2O2S2/c1-9(2,3)11-8(14)10-7-4-5-15(12,13)6-7/h4-5,7H,6H2,1-3H3,(H2,10,11,14)/t7-/m0/s1. The van der Waals surface area contributed by atoms with Gasteiger partial charge in [-0.15, -0.1) is 0 Å². The van der Waals surface area contributed by atoms with Crippen LogP contribution >= 0.6 is 12.2 Å². The molecule has 1 rings (SSSR count). The lowest BCUT2D eigenvalue weighted by molar-refractivity contribution is 0.505. The predicted molar refractivity (Wildman–Crippen MR) is 65.3 cm³/mol. The molecule has 0 saturated carbocycles. The zero-order chi connectivity index (χ0) is 11.7. The van der Waals surface area contributed by atoms with Gasteiger partial charge < -0.3 is 10.6 Å². The van der Waals surface area contributed by atoms with Gasteiger partial charge in [-0.1, -0.05) is 0 Å². The molecule has 0 radical (unpaired) electrons. The van der Waals surface area contributed by atoms with Crippen molar-refractivity contribution in [1.82, 2.24) is 10.6 Å². The van der Waals surface area contributed by atoms with Crippen molar-refractivity contribution in [3.8, 4) is 0 Å². The van der Waals surface area contributed by atoms with Crippen molar-refractivity contribution in [2.75, 3.05) is 5.75 Å². The highest BCUT2D eigenvalue weighted by atomic mass is 32.2. The van der Waals surface area contributed by atoms with Crippen LogP contribution in [-0.2, 0) is 9.84 Å². The first-order valence-electron chi connectivity index (χ1n) is 4.68. The lowest BCUT2D eigenvalue weighted by Crippen LogP contribution is -2.49. The van der Waals surface area contributed by atoms with E-state index < -0.39 is 9.84 Å². The SMILES string of the molecule is CC(C)(C)NC(=S)N[C@H]1C=CS(=O)(=O)C1. The quantitative estimate of drug-likeness (QED) is 0.664. The van der Waals surface area contributed by atoms with Gasteiger partial charge in [-0.25, -0.2) is 8.42 Å². The Morgan fingerprint density at radius 2 is 2.07 bits per heavy atom. The molecule has 0 aromatic carbocycles. The Bertz CT molecular complexity index is 379. The third kappa shape index (κ3) is 4.61. The molecule has 0 saturated heterocycles. The molecular weight excluding hydrogens is 232 g/mol. The molecule has 6 heteroatoms. The highest BCUT2D eigenvalue weighted by Crippen LogP contribution is 2.08. The number of hydrogen-bond donors (Lipinski definition) is 2. The predicted octanol–water partition coefficient (Wildman–Crippen LogP) is 0.560. The smallest absolute Gasteiger partial charge is 0.173 e. The molecule has 0 unspecified atom stereocenters. The Labute approximate surface area is 96.0 Å². The van der Waals surface area contributed by atoms with Gasteiger partial charge in [0.15, 0.2) is 14.9 Å². The molecule has 0 spiro atoms. The summed E-state index contributed by atoms with van der Waals surface area (Å²) in [7, 11) is -3.02. The molecule has 0 aromatic rings. The van der Waals surface area contributed by atoms with Crippen LogP contribution in [0, 0.1) is 0 Å². The van der Waals surface area contributed by atoms with E-state index in [2.05, 4.69) is 10.6 Å². The van der Waals surface area contributed by atoms with Gasteiger partial charge in [0.05, 0.1) is 11.8 Å². The van der Waals surface area contributed by atoms with E-state index in [1.54, 1.807) is 6.08 Å². The Balaban J connectivity index is 2.45. The summed E-state index contributed by atoms with van der Waals surface area (Å²) in [6.45, 7) is 5.96. The zero-order valence-corrected chi connectivity index (χ0v) is 10.7. The van der Waals surface area contributed by atoms with Crippen LogP contribution in [0.5, 0.6) is 0 Å². The summed E-state index contributed by atoms with van der Waals surface area (Å²) < 4.78 is 22.2. The van der Waals surface area contributed by atoms with E-state index in [4.69, 9.17) is 12.2 Å². The minimum atomic E-state index is -3.02. The summed E-state index contributed by atoms with van der Waals surface area (Å²) in [6.07, 6.45) is 1.62. The van der Waals surface area contributed by atoms with E-state index in [1.165, 1.54) is 5.41 Å². The number of hydrogen-bond acceptors (Lipinski definition) is 3. The van der Waals surface area contributed by atoms with Crippen LogP contribution in [0.3, 0.4) is 0 Å². The molecule has 0 aromatic heterocycles. The summed E-state index contributed by atoms with van der Waals surface area (Å²) in [4.78, 5) is 0. The summed E-state index contributed by atoms with van der Waals surface area (Å²) >= 11 is 5.06. The van der Waals surface area contributed by atoms with Gasteiger partial charge in [-0.05, 0) is 39.1 Å². The van der Waals surface area contributed by atoms with E-state index >= 15 is 0 Å². The maximum Gasteiger partial charge on any atom is 0.173 e. The van der Waals surface area contributed by atoms with Gasteiger partial charge in [0.1, 0.15) is 0 Å². The first-order valence-corrected chi connectivity index (χ1v) is 6.80. The molecular formula is C9H16N2O2S2. The molecule has 1 atom stereocenters. The second-order valence-corrected chi connectivity index (χ2v) is 6.95. The first-order chi connectivity index (χ1) is 6.68. The second-order valence-electron chi connectivity index (χ2n) is 4.61. The lowest BCUT2D eigenvalue weighted by Gasteiger charge is -2.24. The third-order valence-electron chi connectivity index (χ3n) is 1.74. The van der Waals surface area contributed by atoms with E-state index in [1.807, 2.05) is 20.8 Å².